The van der Waals surface area contributed by atoms with Gasteiger partial charge < -0.3 is 10.1 Å². The first-order chi connectivity index (χ1) is 13.9. The maximum atomic E-state index is 11.1. The number of nitrogens with one attached hydrogen (secondary N) is 1. The number of aryl methyl sites for hydroxylation is 1. The minimum Gasteiger partial charge on any atom is -0.490 e. The van der Waals surface area contributed by atoms with Crippen molar-refractivity contribution in [1.29, 1.82) is 5.26 Å². The fourth-order valence-corrected chi connectivity index (χ4v) is 3.50. The molecule has 0 bridgehead atoms. The van der Waals surface area contributed by atoms with Crippen LogP contribution >= 0.6 is 22.9 Å². The second kappa shape index (κ2) is 8.73. The summed E-state index contributed by atoms with van der Waals surface area (Å²) in [5.41, 5.74) is 3.11. The fourth-order valence-electron chi connectivity index (χ4n) is 2.58. The summed E-state index contributed by atoms with van der Waals surface area (Å²) in [6.07, 6.45) is 1.53. The Morgan fingerprint density at radius 1 is 1.38 bits per heavy atom. The molecule has 7 nitrogen and oxygen atoms in total. The summed E-state index contributed by atoms with van der Waals surface area (Å²) in [7, 11) is 1.37. The maximum Gasteiger partial charge on any atom is 0.311 e. The van der Waals surface area contributed by atoms with Gasteiger partial charge in [-0.15, -0.1) is 11.3 Å². The third kappa shape index (κ3) is 4.54. The Labute approximate surface area is 176 Å². The lowest BCUT2D eigenvalue weighted by Gasteiger charge is -2.09. The van der Waals surface area contributed by atoms with Crippen molar-refractivity contribution in [2.45, 2.75) is 6.92 Å². The number of allylic oxidation sites excluding steroid dienone is 1. The van der Waals surface area contributed by atoms with E-state index in [1.54, 1.807) is 19.1 Å². The molecule has 0 spiro atoms. The van der Waals surface area contributed by atoms with Crippen LogP contribution in [0.1, 0.15) is 10.6 Å². The van der Waals surface area contributed by atoms with Crippen molar-refractivity contribution in [2.75, 3.05) is 12.4 Å². The number of ether oxygens (including phenoxy) is 1. The highest BCUT2D eigenvalue weighted by molar-refractivity contribution is 7.11. The van der Waals surface area contributed by atoms with Gasteiger partial charge in [0.2, 0.25) is 0 Å². The molecule has 0 aliphatic carbocycles. The highest BCUT2D eigenvalue weighted by atomic mass is 35.5. The van der Waals surface area contributed by atoms with Crippen molar-refractivity contribution < 1.29 is 9.66 Å². The molecule has 1 aromatic heterocycles. The summed E-state index contributed by atoms with van der Waals surface area (Å²) in [5, 5.41) is 26.7. The SMILES string of the molecule is COc1cc(N/C=C(\C#N)c2nc(-c3ccc(Cl)cc3)cs2)c(C)cc1[N+](=O)[O-]. The number of thiazole rings is 1. The Hall–Kier alpha value is -3.41. The van der Waals surface area contributed by atoms with Gasteiger partial charge in [0.15, 0.2) is 5.75 Å². The van der Waals surface area contributed by atoms with Crippen LogP contribution in [0.4, 0.5) is 11.4 Å². The summed E-state index contributed by atoms with van der Waals surface area (Å²) < 4.78 is 5.09. The molecule has 29 heavy (non-hydrogen) atoms. The molecule has 0 saturated carbocycles. The highest BCUT2D eigenvalue weighted by Crippen LogP contribution is 2.33. The second-order valence-electron chi connectivity index (χ2n) is 5.96. The summed E-state index contributed by atoms with van der Waals surface area (Å²) in [6, 6.07) is 12.4. The number of hydrogen-bond acceptors (Lipinski definition) is 7. The first-order valence-corrected chi connectivity index (χ1v) is 9.60. The first-order valence-electron chi connectivity index (χ1n) is 8.34. The van der Waals surface area contributed by atoms with Crippen LogP contribution in [0, 0.1) is 28.4 Å². The number of rotatable bonds is 6. The average molecular weight is 427 g/mol. The van der Waals surface area contributed by atoms with Crippen molar-refractivity contribution >= 4 is 39.9 Å². The number of nitriles is 1. The summed E-state index contributed by atoms with van der Waals surface area (Å²) in [4.78, 5) is 15.1. The Balaban J connectivity index is 1.87. The zero-order chi connectivity index (χ0) is 21.0. The molecule has 1 N–H and O–H groups in total. The number of nitro benzene ring substituents is 1. The lowest BCUT2D eigenvalue weighted by Crippen LogP contribution is -1.99. The zero-order valence-electron chi connectivity index (χ0n) is 15.5. The van der Waals surface area contributed by atoms with E-state index in [1.807, 2.05) is 17.5 Å². The number of nitrogens with zero attached hydrogens (tertiary/aromatic N) is 3. The number of aromatic nitrogens is 1. The predicted octanol–water partition coefficient (Wildman–Crippen LogP) is 5.67. The second-order valence-corrected chi connectivity index (χ2v) is 7.25. The molecular weight excluding hydrogens is 412 g/mol. The Kier molecular flexibility index (Phi) is 6.12. The molecule has 1 heterocycles. The smallest absolute Gasteiger partial charge is 0.311 e. The van der Waals surface area contributed by atoms with Crippen LogP contribution < -0.4 is 10.1 Å². The van der Waals surface area contributed by atoms with Gasteiger partial charge in [0.1, 0.15) is 16.6 Å². The fraction of sp³-hybridized carbons (Fsp3) is 0.100. The van der Waals surface area contributed by atoms with Gasteiger partial charge in [-0.05, 0) is 24.6 Å². The first kappa shape index (κ1) is 20.3. The van der Waals surface area contributed by atoms with E-state index in [4.69, 9.17) is 16.3 Å². The van der Waals surface area contributed by atoms with E-state index < -0.39 is 4.92 Å². The van der Waals surface area contributed by atoms with E-state index in [1.165, 1.54) is 36.8 Å². The monoisotopic (exact) mass is 426 g/mol. The Morgan fingerprint density at radius 2 is 2.10 bits per heavy atom. The number of methoxy groups -OCH3 is 1. The molecule has 9 heteroatoms. The van der Waals surface area contributed by atoms with E-state index in [-0.39, 0.29) is 11.4 Å². The molecule has 0 atom stereocenters. The third-order valence-corrected chi connectivity index (χ3v) is 5.22. The highest BCUT2D eigenvalue weighted by Gasteiger charge is 2.17. The molecule has 0 amide bonds. The van der Waals surface area contributed by atoms with Crippen LogP contribution in [0.25, 0.3) is 16.8 Å². The van der Waals surface area contributed by atoms with Crippen molar-refractivity contribution in [3.63, 3.8) is 0 Å². The standard InChI is InChI=1S/C20H15ClN4O3S/c1-12-7-18(25(26)27)19(28-2)8-16(12)23-10-14(9-22)20-24-17(11-29-20)13-3-5-15(21)6-4-13/h3-8,10-11,23H,1-2H3/b14-10+. The summed E-state index contributed by atoms with van der Waals surface area (Å²) in [6.45, 7) is 1.73. The van der Waals surface area contributed by atoms with Gasteiger partial charge in [-0.3, -0.25) is 10.1 Å². The Bertz CT molecular complexity index is 1130. The molecule has 146 valence electrons. The van der Waals surface area contributed by atoms with Gasteiger partial charge >= 0.3 is 5.69 Å². The molecule has 0 unspecified atom stereocenters. The van der Waals surface area contributed by atoms with Gasteiger partial charge in [0.05, 0.1) is 17.7 Å². The normalized spacial score (nSPS) is 11.0. The van der Waals surface area contributed by atoms with E-state index in [0.29, 0.717) is 26.9 Å². The molecular formula is C20H15ClN4O3S. The minimum atomic E-state index is -0.500. The van der Waals surface area contributed by atoms with Gasteiger partial charge in [0, 0.05) is 40.0 Å². The van der Waals surface area contributed by atoms with Crippen molar-refractivity contribution in [3.8, 4) is 23.1 Å². The van der Waals surface area contributed by atoms with Crippen molar-refractivity contribution in [3.05, 3.63) is 73.7 Å². The summed E-state index contributed by atoms with van der Waals surface area (Å²) >= 11 is 7.26. The molecule has 3 aromatic rings. The van der Waals surface area contributed by atoms with Gasteiger partial charge in [-0.1, -0.05) is 23.7 Å². The molecule has 0 radical (unpaired) electrons. The topological polar surface area (TPSA) is 101 Å². The molecule has 0 saturated heterocycles. The largest absolute Gasteiger partial charge is 0.490 e. The van der Waals surface area contributed by atoms with E-state index >= 15 is 0 Å². The summed E-state index contributed by atoms with van der Waals surface area (Å²) in [5.74, 6) is 0.134. The van der Waals surface area contributed by atoms with Crippen LogP contribution in [0.3, 0.4) is 0 Å². The van der Waals surface area contributed by atoms with E-state index in [9.17, 15) is 15.4 Å². The van der Waals surface area contributed by atoms with Gasteiger partial charge in [0.25, 0.3) is 0 Å². The van der Waals surface area contributed by atoms with Crippen molar-refractivity contribution in [2.24, 2.45) is 0 Å². The number of halogens is 1. The molecule has 0 aliphatic heterocycles. The van der Waals surface area contributed by atoms with Crippen LogP contribution in [0.15, 0.2) is 48.0 Å². The quantitative estimate of drug-likeness (QED) is 0.309. The zero-order valence-corrected chi connectivity index (χ0v) is 17.0. The number of anilines is 1. The molecule has 2 aromatic carbocycles. The third-order valence-electron chi connectivity index (χ3n) is 4.09. The number of benzene rings is 2. The molecule has 0 aliphatic rings. The van der Waals surface area contributed by atoms with Crippen molar-refractivity contribution in [1.82, 2.24) is 4.98 Å². The van der Waals surface area contributed by atoms with Gasteiger partial charge in [-0.2, -0.15) is 5.26 Å². The van der Waals surface area contributed by atoms with E-state index in [0.717, 1.165) is 11.3 Å². The van der Waals surface area contributed by atoms with Crippen LogP contribution in [0.5, 0.6) is 5.75 Å². The Morgan fingerprint density at radius 3 is 2.72 bits per heavy atom. The van der Waals surface area contributed by atoms with Crippen LogP contribution in [0.2, 0.25) is 5.02 Å². The predicted molar refractivity (Wildman–Crippen MR) is 114 cm³/mol. The maximum absolute atomic E-state index is 11.1. The molecule has 0 fully saturated rings. The number of nitro groups is 1. The minimum absolute atomic E-state index is 0.118. The molecule has 3 rings (SSSR count). The van der Waals surface area contributed by atoms with Gasteiger partial charge in [-0.25, -0.2) is 4.98 Å². The van der Waals surface area contributed by atoms with Crippen LogP contribution in [-0.4, -0.2) is 17.0 Å². The lowest BCUT2D eigenvalue weighted by atomic mass is 10.1. The van der Waals surface area contributed by atoms with Crippen LogP contribution in [-0.2, 0) is 0 Å². The van der Waals surface area contributed by atoms with E-state index in [2.05, 4.69) is 16.4 Å². The lowest BCUT2D eigenvalue weighted by molar-refractivity contribution is -0.385. The average Bonchev–Trinajstić information content (AvgIpc) is 3.19. The number of hydrogen-bond donors (Lipinski definition) is 1.